The molecule has 0 bridgehead atoms. The van der Waals surface area contributed by atoms with Gasteiger partial charge in [-0.1, -0.05) is 12.1 Å². The SMILES string of the molecule is NCCCC(=O)Nc1ccccc1OCC(F)F. The third-order valence-corrected chi connectivity index (χ3v) is 2.13. The van der Waals surface area contributed by atoms with Crippen LogP contribution in [0.2, 0.25) is 0 Å². The summed E-state index contributed by atoms with van der Waals surface area (Å²) in [5.41, 5.74) is 5.68. The summed E-state index contributed by atoms with van der Waals surface area (Å²) in [4.78, 5) is 11.5. The number of anilines is 1. The summed E-state index contributed by atoms with van der Waals surface area (Å²) in [7, 11) is 0. The Morgan fingerprint density at radius 3 is 2.78 bits per heavy atom. The van der Waals surface area contributed by atoms with E-state index in [0.29, 0.717) is 25.1 Å². The molecule has 0 aromatic heterocycles. The first-order valence-corrected chi connectivity index (χ1v) is 5.63. The number of hydrogen-bond donors (Lipinski definition) is 2. The number of carbonyl (C=O) groups is 1. The van der Waals surface area contributed by atoms with Crippen molar-refractivity contribution in [3.8, 4) is 5.75 Å². The lowest BCUT2D eigenvalue weighted by molar-refractivity contribution is -0.116. The summed E-state index contributed by atoms with van der Waals surface area (Å²) in [6.45, 7) is -0.271. The minimum atomic E-state index is -2.55. The molecule has 1 rings (SSSR count). The molecule has 0 fully saturated rings. The molecule has 0 aliphatic rings. The third kappa shape index (κ3) is 5.09. The fourth-order valence-corrected chi connectivity index (χ4v) is 1.32. The predicted octanol–water partition coefficient (Wildman–Crippen LogP) is 2.01. The van der Waals surface area contributed by atoms with Crippen molar-refractivity contribution >= 4 is 11.6 Å². The van der Waals surface area contributed by atoms with Crippen LogP contribution in [0.15, 0.2) is 24.3 Å². The number of rotatable bonds is 7. The Kier molecular flexibility index (Phi) is 6.07. The van der Waals surface area contributed by atoms with Gasteiger partial charge in [0.2, 0.25) is 5.91 Å². The highest BCUT2D eigenvalue weighted by molar-refractivity contribution is 5.92. The number of benzene rings is 1. The number of ether oxygens (including phenoxy) is 1. The molecule has 1 amide bonds. The minimum Gasteiger partial charge on any atom is -0.485 e. The summed E-state index contributed by atoms with van der Waals surface area (Å²) in [5.74, 6) is 0.0208. The summed E-state index contributed by atoms with van der Waals surface area (Å²) in [6, 6.07) is 6.46. The van der Waals surface area contributed by atoms with Gasteiger partial charge in [0.25, 0.3) is 6.43 Å². The van der Waals surface area contributed by atoms with Crippen LogP contribution in [0.5, 0.6) is 5.75 Å². The zero-order chi connectivity index (χ0) is 13.4. The molecule has 18 heavy (non-hydrogen) atoms. The van der Waals surface area contributed by atoms with Crippen LogP contribution in [0, 0.1) is 0 Å². The van der Waals surface area contributed by atoms with E-state index in [-0.39, 0.29) is 11.7 Å². The third-order valence-electron chi connectivity index (χ3n) is 2.13. The fourth-order valence-electron chi connectivity index (χ4n) is 1.32. The average Bonchev–Trinajstić information content (AvgIpc) is 2.35. The molecule has 0 unspecified atom stereocenters. The van der Waals surface area contributed by atoms with E-state index in [9.17, 15) is 13.6 Å². The zero-order valence-electron chi connectivity index (χ0n) is 9.86. The van der Waals surface area contributed by atoms with Crippen LogP contribution >= 0.6 is 0 Å². The van der Waals surface area contributed by atoms with E-state index in [0.717, 1.165) is 0 Å². The second kappa shape index (κ2) is 7.60. The number of carbonyl (C=O) groups excluding carboxylic acids is 1. The molecule has 4 nitrogen and oxygen atoms in total. The lowest BCUT2D eigenvalue weighted by Crippen LogP contribution is -2.15. The summed E-state index contributed by atoms with van der Waals surface area (Å²) in [6.07, 6.45) is -1.68. The van der Waals surface area contributed by atoms with Crippen molar-refractivity contribution < 1.29 is 18.3 Å². The first-order chi connectivity index (χ1) is 8.63. The Morgan fingerprint density at radius 2 is 2.11 bits per heavy atom. The molecule has 1 aromatic rings. The van der Waals surface area contributed by atoms with Crippen molar-refractivity contribution in [1.82, 2.24) is 0 Å². The number of para-hydroxylation sites is 2. The summed E-state index contributed by atoms with van der Waals surface area (Å²) in [5, 5.41) is 2.60. The Bertz CT molecular complexity index is 386. The molecule has 0 radical (unpaired) electrons. The standard InChI is InChI=1S/C12H16F2N2O2/c13-11(14)8-18-10-5-2-1-4-9(10)16-12(17)6-3-7-15/h1-2,4-5,11H,3,6-8,15H2,(H,16,17). The quantitative estimate of drug-likeness (QED) is 0.786. The van der Waals surface area contributed by atoms with E-state index in [1.807, 2.05) is 0 Å². The highest BCUT2D eigenvalue weighted by Gasteiger charge is 2.09. The van der Waals surface area contributed by atoms with Crippen LogP contribution in [0.1, 0.15) is 12.8 Å². The van der Waals surface area contributed by atoms with Gasteiger partial charge in [0.1, 0.15) is 12.4 Å². The molecule has 100 valence electrons. The number of amides is 1. The van der Waals surface area contributed by atoms with Crippen molar-refractivity contribution in [3.63, 3.8) is 0 Å². The van der Waals surface area contributed by atoms with Crippen molar-refractivity contribution in [2.75, 3.05) is 18.5 Å². The summed E-state index contributed by atoms with van der Waals surface area (Å²) >= 11 is 0. The van der Waals surface area contributed by atoms with Crippen molar-refractivity contribution in [2.45, 2.75) is 19.3 Å². The van der Waals surface area contributed by atoms with Gasteiger partial charge in [0, 0.05) is 6.42 Å². The monoisotopic (exact) mass is 258 g/mol. The first kappa shape index (κ1) is 14.4. The molecule has 0 saturated heterocycles. The van der Waals surface area contributed by atoms with E-state index in [2.05, 4.69) is 5.32 Å². The van der Waals surface area contributed by atoms with Crippen LogP contribution in [-0.2, 0) is 4.79 Å². The van der Waals surface area contributed by atoms with Gasteiger partial charge in [0.15, 0.2) is 0 Å². The molecule has 0 saturated carbocycles. The second-order valence-electron chi connectivity index (χ2n) is 3.64. The molecule has 0 atom stereocenters. The Morgan fingerprint density at radius 1 is 1.39 bits per heavy atom. The second-order valence-corrected chi connectivity index (χ2v) is 3.64. The highest BCUT2D eigenvalue weighted by Crippen LogP contribution is 2.24. The van der Waals surface area contributed by atoms with Crippen molar-refractivity contribution in [3.05, 3.63) is 24.3 Å². The maximum Gasteiger partial charge on any atom is 0.272 e. The Labute approximate surface area is 104 Å². The van der Waals surface area contributed by atoms with Gasteiger partial charge in [-0.3, -0.25) is 4.79 Å². The van der Waals surface area contributed by atoms with Crippen LogP contribution in [0.25, 0.3) is 0 Å². The maximum absolute atomic E-state index is 12.1. The molecule has 0 spiro atoms. The minimum absolute atomic E-state index is 0.214. The number of hydrogen-bond acceptors (Lipinski definition) is 3. The van der Waals surface area contributed by atoms with Crippen LogP contribution < -0.4 is 15.8 Å². The van der Waals surface area contributed by atoms with Crippen molar-refractivity contribution in [1.29, 1.82) is 0 Å². The average molecular weight is 258 g/mol. The molecule has 1 aromatic carbocycles. The molecule has 0 aliphatic heterocycles. The largest absolute Gasteiger partial charge is 0.485 e. The van der Waals surface area contributed by atoms with Gasteiger partial charge in [-0.2, -0.15) is 0 Å². The van der Waals surface area contributed by atoms with Gasteiger partial charge >= 0.3 is 0 Å². The van der Waals surface area contributed by atoms with Crippen LogP contribution in [-0.4, -0.2) is 25.5 Å². The van der Waals surface area contributed by atoms with Gasteiger partial charge in [-0.15, -0.1) is 0 Å². The highest BCUT2D eigenvalue weighted by atomic mass is 19.3. The van der Waals surface area contributed by atoms with Gasteiger partial charge in [-0.05, 0) is 25.1 Å². The van der Waals surface area contributed by atoms with E-state index in [4.69, 9.17) is 10.5 Å². The number of alkyl halides is 2. The molecule has 0 heterocycles. The Hall–Kier alpha value is -1.69. The first-order valence-electron chi connectivity index (χ1n) is 5.63. The van der Waals surface area contributed by atoms with Gasteiger partial charge in [-0.25, -0.2) is 8.78 Å². The molecule has 6 heteroatoms. The number of nitrogens with one attached hydrogen (secondary N) is 1. The number of nitrogens with two attached hydrogens (primary N) is 1. The summed E-state index contributed by atoms with van der Waals surface area (Å²) < 4.78 is 29.0. The zero-order valence-corrected chi connectivity index (χ0v) is 9.86. The molecule has 0 aliphatic carbocycles. The van der Waals surface area contributed by atoms with Crippen LogP contribution in [0.3, 0.4) is 0 Å². The van der Waals surface area contributed by atoms with E-state index >= 15 is 0 Å². The molecular weight excluding hydrogens is 242 g/mol. The predicted molar refractivity (Wildman–Crippen MR) is 64.9 cm³/mol. The smallest absolute Gasteiger partial charge is 0.272 e. The van der Waals surface area contributed by atoms with Crippen molar-refractivity contribution in [2.24, 2.45) is 5.73 Å². The molecule has 3 N–H and O–H groups in total. The Balaban J connectivity index is 2.61. The van der Waals surface area contributed by atoms with E-state index < -0.39 is 13.0 Å². The lowest BCUT2D eigenvalue weighted by Gasteiger charge is -2.11. The van der Waals surface area contributed by atoms with Gasteiger partial charge < -0.3 is 15.8 Å². The van der Waals surface area contributed by atoms with E-state index in [1.165, 1.54) is 6.07 Å². The van der Waals surface area contributed by atoms with Gasteiger partial charge in [0.05, 0.1) is 5.69 Å². The molecular formula is C12H16F2N2O2. The van der Waals surface area contributed by atoms with Crippen LogP contribution in [0.4, 0.5) is 14.5 Å². The lowest BCUT2D eigenvalue weighted by atomic mass is 10.2. The maximum atomic E-state index is 12.1. The van der Waals surface area contributed by atoms with E-state index in [1.54, 1.807) is 18.2 Å². The number of halogens is 2. The fraction of sp³-hybridized carbons (Fsp3) is 0.417. The normalized spacial score (nSPS) is 10.4. The topological polar surface area (TPSA) is 64.4 Å².